The third-order valence-electron chi connectivity index (χ3n) is 1.54. The van der Waals surface area contributed by atoms with Crippen LogP contribution in [0.4, 0.5) is 0 Å². The maximum Gasteiger partial charge on any atom is 0.345 e. The van der Waals surface area contributed by atoms with Crippen LogP contribution in [0.1, 0.15) is 13.8 Å². The van der Waals surface area contributed by atoms with Gasteiger partial charge in [0, 0.05) is 6.61 Å². The molecule has 13 heavy (non-hydrogen) atoms. The van der Waals surface area contributed by atoms with Gasteiger partial charge in [-0.15, -0.1) is 11.8 Å². The van der Waals surface area contributed by atoms with E-state index in [1.165, 1.54) is 11.8 Å². The topological polar surface area (TPSA) is 55.8 Å². The van der Waals surface area contributed by atoms with Crippen LogP contribution in [0.25, 0.3) is 0 Å². The Morgan fingerprint density at radius 2 is 2.54 bits per heavy atom. The first-order valence-corrected chi connectivity index (χ1v) is 4.99. The molecule has 4 nitrogen and oxygen atoms in total. The average Bonchev–Trinajstić information content (AvgIpc) is 2.04. The van der Waals surface area contributed by atoms with Gasteiger partial charge in [0.1, 0.15) is 10.7 Å². The minimum Gasteiger partial charge on any atom is -0.477 e. The lowest BCUT2D eigenvalue weighted by molar-refractivity contribution is -0.133. The number of hydrogen-bond donors (Lipinski definition) is 1. The van der Waals surface area contributed by atoms with Gasteiger partial charge in [0.25, 0.3) is 0 Å². The van der Waals surface area contributed by atoms with Crippen LogP contribution >= 0.6 is 11.8 Å². The van der Waals surface area contributed by atoms with Crippen LogP contribution in [0.2, 0.25) is 0 Å². The van der Waals surface area contributed by atoms with Gasteiger partial charge in [0.2, 0.25) is 6.29 Å². The molecule has 0 saturated carbocycles. The number of hydrogen-bond acceptors (Lipinski definition) is 4. The van der Waals surface area contributed by atoms with Crippen molar-refractivity contribution >= 4 is 17.7 Å². The summed E-state index contributed by atoms with van der Waals surface area (Å²) >= 11 is 1.26. The predicted octanol–water partition coefficient (Wildman–Crippen LogP) is 1.43. The molecular weight excluding hydrogens is 192 g/mol. The first-order chi connectivity index (χ1) is 6.15. The van der Waals surface area contributed by atoms with E-state index in [0.717, 1.165) is 0 Å². The third kappa shape index (κ3) is 2.63. The van der Waals surface area contributed by atoms with E-state index < -0.39 is 5.97 Å². The fourth-order valence-corrected chi connectivity index (χ4v) is 1.86. The van der Waals surface area contributed by atoms with Gasteiger partial charge in [-0.25, -0.2) is 4.79 Å². The van der Waals surface area contributed by atoms with Crippen LogP contribution < -0.4 is 0 Å². The second-order valence-electron chi connectivity index (χ2n) is 2.50. The maximum atomic E-state index is 10.6. The summed E-state index contributed by atoms with van der Waals surface area (Å²) in [5.74, 6) is 0.0342. The normalized spacial score (nSPS) is 22.8. The van der Waals surface area contributed by atoms with E-state index >= 15 is 0 Å². The van der Waals surface area contributed by atoms with Gasteiger partial charge < -0.3 is 14.6 Å². The molecule has 0 spiro atoms. The minimum atomic E-state index is -0.933. The molecule has 1 rings (SSSR count). The maximum absolute atomic E-state index is 10.6. The number of aliphatic carboxylic acids is 1. The molecule has 0 aromatic heterocycles. The fraction of sp³-hybridized carbons (Fsp3) is 0.625. The zero-order valence-corrected chi connectivity index (χ0v) is 8.39. The second kappa shape index (κ2) is 4.53. The summed E-state index contributed by atoms with van der Waals surface area (Å²) in [6, 6.07) is 0. The van der Waals surface area contributed by atoms with Crippen LogP contribution in [-0.4, -0.2) is 29.7 Å². The summed E-state index contributed by atoms with van der Waals surface area (Å²) in [7, 11) is 0. The van der Waals surface area contributed by atoms with Gasteiger partial charge in [-0.2, -0.15) is 0 Å². The zero-order valence-electron chi connectivity index (χ0n) is 7.57. The Hall–Kier alpha value is -0.680. The Bertz CT molecular complexity index is 236. The van der Waals surface area contributed by atoms with Crippen molar-refractivity contribution in [1.29, 1.82) is 0 Å². The van der Waals surface area contributed by atoms with Gasteiger partial charge in [-0.05, 0) is 13.8 Å². The second-order valence-corrected chi connectivity index (χ2v) is 3.53. The monoisotopic (exact) mass is 204 g/mol. The van der Waals surface area contributed by atoms with Crippen LogP contribution in [0.15, 0.2) is 10.7 Å². The molecule has 0 radical (unpaired) electrons. The van der Waals surface area contributed by atoms with Crippen molar-refractivity contribution in [2.24, 2.45) is 0 Å². The zero-order chi connectivity index (χ0) is 9.84. The number of thioether (sulfide) groups is 1. The van der Waals surface area contributed by atoms with Gasteiger partial charge in [-0.1, -0.05) is 0 Å². The number of rotatable bonds is 3. The van der Waals surface area contributed by atoms with Crippen molar-refractivity contribution < 1.29 is 19.4 Å². The molecule has 1 atom stereocenters. The van der Waals surface area contributed by atoms with Crippen molar-refractivity contribution in [2.75, 3.05) is 12.4 Å². The lowest BCUT2D eigenvalue weighted by Crippen LogP contribution is -2.24. The first kappa shape index (κ1) is 10.4. The molecule has 0 aromatic carbocycles. The van der Waals surface area contributed by atoms with Gasteiger partial charge in [-0.3, -0.25) is 0 Å². The highest BCUT2D eigenvalue weighted by Crippen LogP contribution is 2.29. The largest absolute Gasteiger partial charge is 0.477 e. The third-order valence-corrected chi connectivity index (χ3v) is 2.73. The Kier molecular flexibility index (Phi) is 3.62. The lowest BCUT2D eigenvalue weighted by Gasteiger charge is -2.24. The van der Waals surface area contributed by atoms with Crippen molar-refractivity contribution in [3.8, 4) is 0 Å². The highest BCUT2D eigenvalue weighted by atomic mass is 32.2. The molecule has 1 aliphatic heterocycles. The van der Waals surface area contributed by atoms with E-state index in [0.29, 0.717) is 18.1 Å². The van der Waals surface area contributed by atoms with E-state index in [4.69, 9.17) is 14.6 Å². The Morgan fingerprint density at radius 3 is 3.00 bits per heavy atom. The van der Waals surface area contributed by atoms with Crippen molar-refractivity contribution in [2.45, 2.75) is 20.1 Å². The first-order valence-electron chi connectivity index (χ1n) is 4.00. The molecule has 0 aromatic rings. The molecule has 5 heteroatoms. The molecule has 0 aliphatic carbocycles. The number of allylic oxidation sites excluding steroid dienone is 1. The van der Waals surface area contributed by atoms with Gasteiger partial charge >= 0.3 is 5.97 Å². The summed E-state index contributed by atoms with van der Waals surface area (Å²) in [5, 5.41) is 8.73. The highest BCUT2D eigenvalue weighted by molar-refractivity contribution is 8.04. The molecule has 1 unspecified atom stereocenters. The molecule has 1 N–H and O–H groups in total. The van der Waals surface area contributed by atoms with Gasteiger partial charge in [0.15, 0.2) is 0 Å². The number of ether oxygens (including phenoxy) is 2. The van der Waals surface area contributed by atoms with E-state index in [9.17, 15) is 4.79 Å². The van der Waals surface area contributed by atoms with Gasteiger partial charge in [0.05, 0.1) is 5.75 Å². The Labute approximate surface area is 80.9 Å². The molecule has 74 valence electrons. The molecule has 0 bridgehead atoms. The Balaban J connectivity index is 2.61. The minimum absolute atomic E-state index is 0.274. The molecule has 1 heterocycles. The highest BCUT2D eigenvalue weighted by Gasteiger charge is 2.24. The van der Waals surface area contributed by atoms with E-state index in [1.807, 2.05) is 6.92 Å². The van der Waals surface area contributed by atoms with E-state index in [1.54, 1.807) is 6.92 Å². The molecule has 0 amide bonds. The standard InChI is InChI=1S/C8H12O4S/c1-3-11-6-4-13-7(8(9)10)5(2)12-6/h6H,3-4H2,1-2H3,(H,9,10). The van der Waals surface area contributed by atoms with Crippen molar-refractivity contribution in [1.82, 2.24) is 0 Å². The number of carboxylic acids is 1. The fourth-order valence-electron chi connectivity index (χ4n) is 1.02. The quantitative estimate of drug-likeness (QED) is 0.753. The van der Waals surface area contributed by atoms with E-state index in [2.05, 4.69) is 0 Å². The summed E-state index contributed by atoms with van der Waals surface area (Å²) in [5.41, 5.74) is 0. The number of carboxylic acid groups (broad SMARTS) is 1. The lowest BCUT2D eigenvalue weighted by atomic mass is 10.4. The molecule has 1 aliphatic rings. The summed E-state index contributed by atoms with van der Waals surface area (Å²) < 4.78 is 10.5. The van der Waals surface area contributed by atoms with Crippen LogP contribution in [0.5, 0.6) is 0 Å². The SMILES string of the molecule is CCOC1CSC(C(=O)O)=C(C)O1. The van der Waals surface area contributed by atoms with Crippen LogP contribution in [0.3, 0.4) is 0 Å². The average molecular weight is 204 g/mol. The van der Waals surface area contributed by atoms with Crippen molar-refractivity contribution in [3.05, 3.63) is 10.7 Å². The summed E-state index contributed by atoms with van der Waals surface area (Å²) in [6.45, 7) is 4.09. The smallest absolute Gasteiger partial charge is 0.345 e. The molecule has 0 fully saturated rings. The number of carbonyl (C=O) groups is 1. The molecule has 0 saturated heterocycles. The molecular formula is C8H12O4S. The van der Waals surface area contributed by atoms with Crippen LogP contribution in [0, 0.1) is 0 Å². The summed E-state index contributed by atoms with van der Waals surface area (Å²) in [6.07, 6.45) is -0.307. The van der Waals surface area contributed by atoms with Crippen molar-refractivity contribution in [3.63, 3.8) is 0 Å². The predicted molar refractivity (Wildman–Crippen MR) is 49.3 cm³/mol. The Morgan fingerprint density at radius 1 is 1.85 bits per heavy atom. The summed E-state index contributed by atoms with van der Waals surface area (Å²) in [4.78, 5) is 10.9. The van der Waals surface area contributed by atoms with E-state index in [-0.39, 0.29) is 11.2 Å². The van der Waals surface area contributed by atoms with Crippen LogP contribution in [-0.2, 0) is 14.3 Å².